The number of nitrogens with zero attached hydrogens (tertiary/aromatic N) is 8. The van der Waals surface area contributed by atoms with Crippen LogP contribution in [0.2, 0.25) is 5.28 Å². The summed E-state index contributed by atoms with van der Waals surface area (Å²) in [5.41, 5.74) is 7.05. The molecule has 18 heteroatoms. The number of halogens is 1. The van der Waals surface area contributed by atoms with E-state index in [-0.39, 0.29) is 5.28 Å². The molecule has 0 aliphatic heterocycles. The van der Waals surface area contributed by atoms with Crippen molar-refractivity contribution in [1.29, 1.82) is 0 Å². The van der Waals surface area contributed by atoms with E-state index in [1.807, 2.05) is 80.8 Å². The Labute approximate surface area is 358 Å². The third-order valence-corrected chi connectivity index (χ3v) is 8.51. The molecule has 61 heavy (non-hydrogen) atoms. The maximum Gasteiger partial charge on any atom is 0.491 e. The molecule has 16 nitrogen and oxygen atoms in total. The second-order valence-electron chi connectivity index (χ2n) is 12.5. The number of aromatic nitrogens is 8. The zero-order valence-electron chi connectivity index (χ0n) is 34.4. The van der Waals surface area contributed by atoms with Gasteiger partial charge in [-0.1, -0.05) is 56.7 Å². The minimum Gasteiger partial charge on any atom is -0.497 e. The Morgan fingerprint density at radius 3 is 1.46 bits per heavy atom. The Bertz CT molecular complexity index is 2580. The highest BCUT2D eigenvalue weighted by Crippen LogP contribution is 2.32. The van der Waals surface area contributed by atoms with Gasteiger partial charge in [0.15, 0.2) is 5.82 Å². The van der Waals surface area contributed by atoms with E-state index in [0.29, 0.717) is 11.3 Å². The van der Waals surface area contributed by atoms with Crippen molar-refractivity contribution in [3.63, 3.8) is 0 Å². The molecule has 4 aromatic heterocycles. The van der Waals surface area contributed by atoms with E-state index in [4.69, 9.17) is 41.6 Å². The molecule has 0 radical (unpaired) electrons. The summed E-state index contributed by atoms with van der Waals surface area (Å²) >= 11 is 5.92. The lowest BCUT2D eigenvalue weighted by molar-refractivity contribution is -0.176. The molecular formula is C43H46BClN10O6. The minimum atomic E-state index is -1.47. The molecule has 314 valence electrons. The van der Waals surface area contributed by atoms with Gasteiger partial charge in [0.1, 0.15) is 35.8 Å². The molecule has 0 aliphatic carbocycles. The van der Waals surface area contributed by atoms with Crippen molar-refractivity contribution >= 4 is 57.6 Å². The van der Waals surface area contributed by atoms with Gasteiger partial charge in [-0.15, -0.1) is 0 Å². The predicted molar refractivity (Wildman–Crippen MR) is 241 cm³/mol. The lowest BCUT2D eigenvalue weighted by Gasteiger charge is -2.10. The molecule has 0 atom stereocenters. The standard InChI is InChI=1S/C20H17N5O.C16H14ClN3O.C4H5BN2O2.C3H8.H2O2/c1-21-20-17-9-14(13-4-3-5-16(8-13)26-2)6-7-18(17)24-19(25-20)15-10-22-12-23-11-15;1-18-15-13-9-11(6-7-14(13)19-16(17)20-15)10-4-3-5-12(8-10)21-2;8-5(9)4-1-6-3-7-2-4;1-3-2;1-2/h3-12H,1-2H3,(H,21,24,25);3-9H,1-2H3,(H,18,19,20);1-3,8-9H;3H2,1-2H3;1-2H. The van der Waals surface area contributed by atoms with Crippen molar-refractivity contribution in [2.24, 2.45) is 0 Å². The fourth-order valence-corrected chi connectivity index (χ4v) is 5.74. The molecule has 4 aromatic carbocycles. The SMILES string of the molecule is CCC.CNc1nc(-c2cncnc2)nc2ccc(-c3cccc(OC)c3)cc12.CNc1nc(Cl)nc2ccc(-c3cccc(OC)c3)cc12.OB(O)c1cncnc1.OO. The van der Waals surface area contributed by atoms with Gasteiger partial charge in [-0.2, -0.15) is 0 Å². The van der Waals surface area contributed by atoms with Crippen LogP contribution in [0.1, 0.15) is 20.3 Å². The van der Waals surface area contributed by atoms with Crippen molar-refractivity contribution in [2.75, 3.05) is 38.9 Å². The molecule has 0 fully saturated rings. The fraction of sp³-hybridized carbons (Fsp3) is 0.163. The third-order valence-electron chi connectivity index (χ3n) is 8.34. The van der Waals surface area contributed by atoms with E-state index >= 15 is 0 Å². The lowest BCUT2D eigenvalue weighted by Crippen LogP contribution is -2.30. The van der Waals surface area contributed by atoms with E-state index < -0.39 is 7.12 Å². The van der Waals surface area contributed by atoms with Gasteiger partial charge in [0.2, 0.25) is 5.28 Å². The van der Waals surface area contributed by atoms with Crippen LogP contribution >= 0.6 is 11.6 Å². The molecular weight excluding hydrogens is 799 g/mol. The first-order valence-corrected chi connectivity index (χ1v) is 19.1. The van der Waals surface area contributed by atoms with Crippen LogP contribution in [0.15, 0.2) is 122 Å². The molecule has 4 heterocycles. The van der Waals surface area contributed by atoms with Gasteiger partial charge in [-0.3, -0.25) is 10.5 Å². The van der Waals surface area contributed by atoms with Crippen molar-refractivity contribution in [3.8, 4) is 45.1 Å². The minimum absolute atomic E-state index is 0.237. The molecule has 8 aromatic rings. The van der Waals surface area contributed by atoms with Crippen LogP contribution in [0, 0.1) is 0 Å². The lowest BCUT2D eigenvalue weighted by atomic mass is 9.83. The number of hydrogen-bond donors (Lipinski definition) is 6. The normalized spacial score (nSPS) is 9.95. The summed E-state index contributed by atoms with van der Waals surface area (Å²) in [6.45, 7) is 4.25. The number of rotatable bonds is 8. The van der Waals surface area contributed by atoms with Gasteiger partial charge in [-0.05, 0) is 82.4 Å². The van der Waals surface area contributed by atoms with Gasteiger partial charge < -0.3 is 30.2 Å². The van der Waals surface area contributed by atoms with E-state index in [0.717, 1.165) is 72.8 Å². The van der Waals surface area contributed by atoms with Crippen LogP contribution in [0.3, 0.4) is 0 Å². The van der Waals surface area contributed by atoms with Crippen LogP contribution in [-0.2, 0) is 0 Å². The van der Waals surface area contributed by atoms with Gasteiger partial charge in [0, 0.05) is 55.1 Å². The maximum absolute atomic E-state index is 8.50. The van der Waals surface area contributed by atoms with E-state index in [2.05, 4.69) is 82.6 Å². The van der Waals surface area contributed by atoms with E-state index in [9.17, 15) is 0 Å². The Balaban J connectivity index is 0.000000208. The second kappa shape index (κ2) is 24.3. The molecule has 0 unspecified atom stereocenters. The van der Waals surface area contributed by atoms with Crippen LogP contribution in [0.25, 0.3) is 55.4 Å². The Hall–Kier alpha value is -6.89. The molecule has 6 N–H and O–H groups in total. The first kappa shape index (κ1) is 46.8. The smallest absolute Gasteiger partial charge is 0.491 e. The van der Waals surface area contributed by atoms with E-state index in [1.165, 1.54) is 31.5 Å². The van der Waals surface area contributed by atoms with E-state index in [1.54, 1.807) is 26.6 Å². The Morgan fingerprint density at radius 2 is 1.02 bits per heavy atom. The number of benzene rings is 4. The fourth-order valence-electron chi connectivity index (χ4n) is 5.56. The van der Waals surface area contributed by atoms with Gasteiger partial charge >= 0.3 is 7.12 Å². The van der Waals surface area contributed by atoms with Crippen LogP contribution in [0.4, 0.5) is 11.6 Å². The number of hydrogen-bond acceptors (Lipinski definition) is 16. The molecule has 0 spiro atoms. The molecule has 0 saturated carbocycles. The van der Waals surface area contributed by atoms with Crippen LogP contribution in [0.5, 0.6) is 11.5 Å². The summed E-state index contributed by atoms with van der Waals surface area (Å²) in [7, 11) is 5.53. The summed E-state index contributed by atoms with van der Waals surface area (Å²) in [4.78, 5) is 33.0. The number of fused-ring (bicyclic) bond motifs is 2. The molecule has 0 saturated heterocycles. The van der Waals surface area contributed by atoms with Crippen molar-refractivity contribution in [1.82, 2.24) is 39.9 Å². The average molecular weight is 845 g/mol. The molecule has 0 bridgehead atoms. The Morgan fingerprint density at radius 1 is 0.574 bits per heavy atom. The number of methoxy groups -OCH3 is 2. The first-order chi connectivity index (χ1) is 29.7. The third kappa shape index (κ3) is 13.1. The highest BCUT2D eigenvalue weighted by Gasteiger charge is 2.12. The monoisotopic (exact) mass is 844 g/mol. The highest BCUT2D eigenvalue weighted by molar-refractivity contribution is 6.58. The summed E-state index contributed by atoms with van der Waals surface area (Å²) in [6.07, 6.45) is 10.2. The number of anilines is 2. The quantitative estimate of drug-likeness (QED) is 0.0379. The van der Waals surface area contributed by atoms with Crippen LogP contribution in [-0.4, -0.2) is 95.9 Å². The van der Waals surface area contributed by atoms with Gasteiger partial charge in [0.05, 0.1) is 30.8 Å². The summed E-state index contributed by atoms with van der Waals surface area (Å²) in [5.74, 6) is 3.73. The predicted octanol–water partition coefficient (Wildman–Crippen LogP) is 7.39. The summed E-state index contributed by atoms with van der Waals surface area (Å²) in [6, 6.07) is 28.0. The van der Waals surface area contributed by atoms with Crippen molar-refractivity contribution in [2.45, 2.75) is 20.3 Å². The zero-order chi connectivity index (χ0) is 44.1. The number of ether oxygens (including phenoxy) is 2. The Kier molecular flexibility index (Phi) is 18.6. The first-order valence-electron chi connectivity index (χ1n) is 18.7. The molecule has 8 rings (SSSR count). The maximum atomic E-state index is 8.50. The van der Waals surface area contributed by atoms with Crippen molar-refractivity contribution < 1.29 is 30.0 Å². The summed E-state index contributed by atoms with van der Waals surface area (Å²) in [5, 5.41) is 37.3. The number of nitrogens with one attached hydrogen (secondary N) is 2. The van der Waals surface area contributed by atoms with Crippen LogP contribution < -0.4 is 25.6 Å². The molecule has 0 amide bonds. The largest absolute Gasteiger partial charge is 0.497 e. The zero-order valence-corrected chi connectivity index (χ0v) is 35.1. The average Bonchev–Trinajstić information content (AvgIpc) is 3.32. The summed E-state index contributed by atoms with van der Waals surface area (Å²) < 4.78 is 10.6. The van der Waals surface area contributed by atoms with Gasteiger partial charge in [-0.25, -0.2) is 39.9 Å². The van der Waals surface area contributed by atoms with Gasteiger partial charge in [0.25, 0.3) is 0 Å². The highest BCUT2D eigenvalue weighted by atomic mass is 35.5. The second-order valence-corrected chi connectivity index (χ2v) is 12.9. The topological polar surface area (TPSA) is 227 Å². The van der Waals surface area contributed by atoms with Crippen molar-refractivity contribution in [3.05, 3.63) is 128 Å². The molecule has 0 aliphatic rings.